The predicted octanol–water partition coefficient (Wildman–Crippen LogP) is 3.87. The van der Waals surface area contributed by atoms with Gasteiger partial charge in [-0.2, -0.15) is 0 Å². The molecule has 1 aliphatic rings. The Morgan fingerprint density at radius 2 is 2.00 bits per heavy atom. The number of halogens is 1. The van der Waals surface area contributed by atoms with E-state index in [0.717, 1.165) is 0 Å². The molecule has 0 fully saturated rings. The summed E-state index contributed by atoms with van der Waals surface area (Å²) < 4.78 is 1.56. The molecule has 0 bridgehead atoms. The minimum absolute atomic E-state index is 0.578. The van der Waals surface area contributed by atoms with Gasteiger partial charge in [-0.15, -0.1) is 11.6 Å². The van der Waals surface area contributed by atoms with Crippen molar-refractivity contribution in [3.05, 3.63) is 51.3 Å². The van der Waals surface area contributed by atoms with Crippen LogP contribution in [0.1, 0.15) is 12.0 Å². The quantitative estimate of drug-likeness (QED) is 0.746. The first-order valence-corrected chi connectivity index (χ1v) is 7.30. The second-order valence-corrected chi connectivity index (χ2v) is 5.83. The van der Waals surface area contributed by atoms with E-state index in [2.05, 4.69) is 29.2 Å². The summed E-state index contributed by atoms with van der Waals surface area (Å²) in [7, 11) is 4.04. The zero-order valence-electron chi connectivity index (χ0n) is 10.3. The van der Waals surface area contributed by atoms with Crippen LogP contribution in [-0.2, 0) is 30.6 Å². The fourth-order valence-electron chi connectivity index (χ4n) is 1.51. The van der Waals surface area contributed by atoms with Gasteiger partial charge in [0.25, 0.3) is 0 Å². The molecule has 3 heteroatoms. The van der Waals surface area contributed by atoms with Crippen molar-refractivity contribution in [1.29, 1.82) is 0 Å². The Hall–Kier alpha value is -0.327. The number of anilines is 1. The Bertz CT molecular complexity index is 410. The van der Waals surface area contributed by atoms with Gasteiger partial charge in [0, 0.05) is 25.7 Å². The zero-order chi connectivity index (χ0) is 12.7. The first-order valence-electron chi connectivity index (χ1n) is 5.53. The van der Waals surface area contributed by atoms with Gasteiger partial charge in [-0.3, -0.25) is 0 Å². The van der Waals surface area contributed by atoms with Crippen LogP contribution in [0, 0.1) is 0 Å². The number of hydrogen-bond acceptors (Lipinski definition) is 1. The van der Waals surface area contributed by atoms with Crippen LogP contribution in [0.4, 0.5) is 5.69 Å². The van der Waals surface area contributed by atoms with Crippen LogP contribution < -0.4 is 4.90 Å². The summed E-state index contributed by atoms with van der Waals surface area (Å²) in [6.45, 7) is 0. The first-order chi connectivity index (χ1) is 8.15. The normalized spacial score (nSPS) is 12.7. The molecule has 0 saturated heterocycles. The third-order valence-corrected chi connectivity index (χ3v) is 3.59. The van der Waals surface area contributed by atoms with Gasteiger partial charge in [0.1, 0.15) is 0 Å². The fraction of sp³-hybridized carbons (Fsp3) is 0.286. The molecule has 17 heavy (non-hydrogen) atoms. The van der Waals surface area contributed by atoms with Crippen LogP contribution in [0.3, 0.4) is 0 Å². The van der Waals surface area contributed by atoms with Crippen LogP contribution >= 0.6 is 11.6 Å². The van der Waals surface area contributed by atoms with Gasteiger partial charge in [-0.1, -0.05) is 18.2 Å². The van der Waals surface area contributed by atoms with Crippen molar-refractivity contribution in [2.45, 2.75) is 12.3 Å². The molecule has 0 spiro atoms. The molecule has 0 aliphatic heterocycles. The van der Waals surface area contributed by atoms with Gasteiger partial charge >= 0.3 is 52.6 Å². The third kappa shape index (κ3) is 5.23. The van der Waals surface area contributed by atoms with Crippen molar-refractivity contribution in [3.63, 3.8) is 0 Å². The molecular formula is C14H17ClNZr. The van der Waals surface area contributed by atoms with Crippen LogP contribution in [0.15, 0.2) is 45.8 Å². The molecule has 1 aliphatic carbocycles. The van der Waals surface area contributed by atoms with E-state index in [1.165, 1.54) is 17.7 Å². The summed E-state index contributed by atoms with van der Waals surface area (Å²) in [4.78, 5) is 2.07. The molecular weight excluding hydrogens is 309 g/mol. The van der Waals surface area contributed by atoms with Gasteiger partial charge in [0.2, 0.25) is 0 Å². The Labute approximate surface area is 124 Å². The molecule has 2 rings (SSSR count). The van der Waals surface area contributed by atoms with Crippen LogP contribution in [0.25, 0.3) is 0 Å². The second kappa shape index (κ2) is 7.90. The number of benzene rings is 1. The summed E-state index contributed by atoms with van der Waals surface area (Å²) >= 11 is 7.31. The molecule has 1 aromatic rings. The Morgan fingerprint density at radius 1 is 1.29 bits per heavy atom. The molecule has 89 valence electrons. The van der Waals surface area contributed by atoms with E-state index in [1.807, 2.05) is 32.3 Å². The van der Waals surface area contributed by atoms with Gasteiger partial charge in [0.05, 0.1) is 0 Å². The van der Waals surface area contributed by atoms with Crippen molar-refractivity contribution >= 4 is 17.3 Å². The number of alkyl halides is 1. The SMILES string of the molecule is CN(C)c1ccccc1CCl.[Zr][C]1=CC=CC1. The van der Waals surface area contributed by atoms with E-state index in [1.54, 1.807) is 28.0 Å². The molecule has 0 amide bonds. The van der Waals surface area contributed by atoms with Crippen molar-refractivity contribution in [2.75, 3.05) is 19.0 Å². The Morgan fingerprint density at radius 3 is 2.35 bits per heavy atom. The van der Waals surface area contributed by atoms with Gasteiger partial charge in [0.15, 0.2) is 0 Å². The second-order valence-electron chi connectivity index (χ2n) is 3.98. The monoisotopic (exact) mass is 324 g/mol. The van der Waals surface area contributed by atoms with Crippen LogP contribution in [0.5, 0.6) is 0 Å². The summed E-state index contributed by atoms with van der Waals surface area (Å²) in [6, 6.07) is 8.14. The van der Waals surface area contributed by atoms with Crippen molar-refractivity contribution < 1.29 is 24.7 Å². The summed E-state index contributed by atoms with van der Waals surface area (Å²) in [5.74, 6) is 0.578. The molecule has 1 aromatic carbocycles. The maximum atomic E-state index is 5.75. The van der Waals surface area contributed by atoms with Gasteiger partial charge in [-0.05, 0) is 11.6 Å². The summed E-state index contributed by atoms with van der Waals surface area (Å²) in [6.07, 6.45) is 7.69. The van der Waals surface area contributed by atoms with Crippen molar-refractivity contribution in [3.8, 4) is 0 Å². The van der Waals surface area contributed by atoms with E-state index in [4.69, 9.17) is 11.6 Å². The molecule has 0 radical (unpaired) electrons. The van der Waals surface area contributed by atoms with E-state index >= 15 is 0 Å². The predicted molar refractivity (Wildman–Crippen MR) is 72.2 cm³/mol. The van der Waals surface area contributed by atoms with Crippen molar-refractivity contribution in [2.24, 2.45) is 0 Å². The number of rotatable bonds is 2. The van der Waals surface area contributed by atoms with E-state index in [0.29, 0.717) is 5.88 Å². The maximum absolute atomic E-state index is 5.75. The fourth-order valence-corrected chi connectivity index (χ4v) is 2.26. The van der Waals surface area contributed by atoms with Gasteiger partial charge < -0.3 is 4.90 Å². The topological polar surface area (TPSA) is 3.24 Å². The van der Waals surface area contributed by atoms with Crippen LogP contribution in [-0.4, -0.2) is 14.1 Å². The zero-order valence-corrected chi connectivity index (χ0v) is 13.5. The number of allylic oxidation sites excluding steroid dienone is 4. The Balaban J connectivity index is 0.000000202. The molecule has 0 N–H and O–H groups in total. The average Bonchev–Trinajstić information content (AvgIpc) is 2.81. The van der Waals surface area contributed by atoms with E-state index in [9.17, 15) is 0 Å². The summed E-state index contributed by atoms with van der Waals surface area (Å²) in [5.41, 5.74) is 2.38. The molecule has 0 saturated carbocycles. The molecule has 1 nitrogen and oxygen atoms in total. The first kappa shape index (κ1) is 14.7. The Kier molecular flexibility index (Phi) is 6.84. The number of nitrogens with zero attached hydrogens (tertiary/aromatic N) is 1. The average molecular weight is 326 g/mol. The molecule has 0 heterocycles. The molecule has 0 unspecified atom stereocenters. The standard InChI is InChI=1S/C9H12ClN.C5H5.Zr/c1-11(2)9-6-4-3-5-8(9)7-10;1-2-4-5-3-1;/h3-6H,7H2,1-2H3;1-3H,4H2;. The number of para-hydroxylation sites is 1. The third-order valence-electron chi connectivity index (χ3n) is 2.39. The van der Waals surface area contributed by atoms with E-state index < -0.39 is 0 Å². The van der Waals surface area contributed by atoms with E-state index in [-0.39, 0.29) is 0 Å². The minimum atomic E-state index is 0.578. The van der Waals surface area contributed by atoms with Crippen LogP contribution in [0.2, 0.25) is 0 Å². The van der Waals surface area contributed by atoms with Gasteiger partial charge in [-0.25, -0.2) is 0 Å². The molecule has 0 atom stereocenters. The van der Waals surface area contributed by atoms with Crippen molar-refractivity contribution in [1.82, 2.24) is 0 Å². The molecule has 0 aromatic heterocycles. The number of hydrogen-bond donors (Lipinski definition) is 0. The summed E-state index contributed by atoms with van der Waals surface area (Å²) in [5, 5.41) is 0.